The highest BCUT2D eigenvalue weighted by atomic mass is 16.5. The monoisotopic (exact) mass is 350 g/mol. The highest BCUT2D eigenvalue weighted by Gasteiger charge is 2.39. The molecule has 25 heavy (non-hydrogen) atoms. The number of aromatic nitrogens is 1. The number of hydrogen-bond donors (Lipinski definition) is 1. The van der Waals surface area contributed by atoms with Crippen LogP contribution in [0.25, 0.3) is 0 Å². The summed E-state index contributed by atoms with van der Waals surface area (Å²) >= 11 is 0. The van der Waals surface area contributed by atoms with Crippen LogP contribution in [0.1, 0.15) is 37.1 Å². The minimum Gasteiger partial charge on any atom is -0.443 e. The molecule has 1 saturated heterocycles. The Balaban J connectivity index is 1.61. The van der Waals surface area contributed by atoms with E-state index in [1.807, 2.05) is 6.92 Å². The number of carbonyl (C=O) groups is 3. The van der Waals surface area contributed by atoms with Crippen LogP contribution in [-0.4, -0.2) is 58.9 Å². The van der Waals surface area contributed by atoms with Crippen LogP contribution in [0.2, 0.25) is 0 Å². The van der Waals surface area contributed by atoms with Gasteiger partial charge in [0.1, 0.15) is 24.1 Å². The number of urea groups is 1. The van der Waals surface area contributed by atoms with Crippen LogP contribution in [0.15, 0.2) is 4.42 Å². The van der Waals surface area contributed by atoms with E-state index >= 15 is 0 Å². The first-order valence-electron chi connectivity index (χ1n) is 8.39. The summed E-state index contributed by atoms with van der Waals surface area (Å²) in [5.41, 5.74) is 0.723. The smallest absolute Gasteiger partial charge is 0.324 e. The molecule has 136 valence electrons. The van der Waals surface area contributed by atoms with Gasteiger partial charge in [0.25, 0.3) is 5.91 Å². The molecule has 1 atom stereocenters. The summed E-state index contributed by atoms with van der Waals surface area (Å²) in [6.07, 6.45) is 1.22. The molecule has 1 aromatic heterocycles. The van der Waals surface area contributed by atoms with Gasteiger partial charge in [-0.05, 0) is 6.42 Å². The second kappa shape index (κ2) is 7.22. The van der Waals surface area contributed by atoms with E-state index in [0.29, 0.717) is 38.4 Å². The Hall–Kier alpha value is -2.42. The van der Waals surface area contributed by atoms with Crippen molar-refractivity contribution in [3.8, 4) is 0 Å². The Morgan fingerprint density at radius 3 is 2.96 bits per heavy atom. The third kappa shape index (κ3) is 3.51. The van der Waals surface area contributed by atoms with Gasteiger partial charge in [-0.25, -0.2) is 9.78 Å². The van der Waals surface area contributed by atoms with Crippen LogP contribution in [0.4, 0.5) is 4.79 Å². The summed E-state index contributed by atoms with van der Waals surface area (Å²) in [4.78, 5) is 43.7. The maximum Gasteiger partial charge on any atom is 0.324 e. The zero-order valence-corrected chi connectivity index (χ0v) is 14.4. The van der Waals surface area contributed by atoms with Crippen molar-refractivity contribution in [2.45, 2.75) is 45.4 Å². The number of methoxy groups -OCH3 is 1. The van der Waals surface area contributed by atoms with Crippen molar-refractivity contribution in [1.82, 2.24) is 20.1 Å². The number of nitrogens with zero attached hydrogens (tertiary/aromatic N) is 3. The van der Waals surface area contributed by atoms with E-state index in [9.17, 15) is 14.4 Å². The molecule has 9 heteroatoms. The Morgan fingerprint density at radius 1 is 1.44 bits per heavy atom. The molecule has 1 aromatic rings. The summed E-state index contributed by atoms with van der Waals surface area (Å²) in [6.45, 7) is 3.39. The van der Waals surface area contributed by atoms with Gasteiger partial charge in [0.15, 0.2) is 0 Å². The fraction of sp³-hybridized carbons (Fsp3) is 0.625. The molecule has 1 N–H and O–H groups in total. The average Bonchev–Trinajstić information content (AvgIpc) is 3.10. The maximum atomic E-state index is 12.5. The zero-order valence-electron chi connectivity index (χ0n) is 14.4. The predicted octanol–water partition coefficient (Wildman–Crippen LogP) is 0.426. The van der Waals surface area contributed by atoms with E-state index in [0.717, 1.165) is 11.5 Å². The molecule has 2 aliphatic heterocycles. The number of fused-ring (bicyclic) bond motifs is 1. The minimum absolute atomic E-state index is 0.0388. The van der Waals surface area contributed by atoms with Gasteiger partial charge in [0, 0.05) is 26.6 Å². The van der Waals surface area contributed by atoms with Gasteiger partial charge in [-0.3, -0.25) is 14.5 Å². The molecule has 2 aliphatic rings. The quantitative estimate of drug-likeness (QED) is 0.746. The van der Waals surface area contributed by atoms with Gasteiger partial charge >= 0.3 is 6.03 Å². The van der Waals surface area contributed by atoms with Crippen LogP contribution < -0.4 is 5.32 Å². The van der Waals surface area contributed by atoms with Crippen molar-refractivity contribution in [3.05, 3.63) is 17.3 Å². The van der Waals surface area contributed by atoms with Crippen LogP contribution >= 0.6 is 0 Å². The lowest BCUT2D eigenvalue weighted by molar-refractivity contribution is -0.136. The van der Waals surface area contributed by atoms with Crippen molar-refractivity contribution in [2.24, 2.45) is 0 Å². The van der Waals surface area contributed by atoms with Crippen molar-refractivity contribution < 1.29 is 23.5 Å². The Bertz CT molecular complexity index is 686. The second-order valence-corrected chi connectivity index (χ2v) is 6.17. The topological polar surface area (TPSA) is 105 Å². The molecular weight excluding hydrogens is 328 g/mol. The standard InChI is InChI=1S/C16H22N4O5/c1-3-5-20-15(22)10(18-16(20)23)7-14(21)19-6-4-12-11(8-19)17-13(25-12)9-24-2/h10H,3-9H2,1-2H3,(H,18,23). The molecule has 0 bridgehead atoms. The number of carbonyl (C=O) groups excluding carboxylic acids is 3. The summed E-state index contributed by atoms with van der Waals surface area (Å²) in [5.74, 6) is 0.756. The molecule has 9 nitrogen and oxygen atoms in total. The molecular formula is C16H22N4O5. The molecule has 0 radical (unpaired) electrons. The largest absolute Gasteiger partial charge is 0.443 e. The first kappa shape index (κ1) is 17.4. The van der Waals surface area contributed by atoms with E-state index in [1.54, 1.807) is 12.0 Å². The van der Waals surface area contributed by atoms with Crippen molar-refractivity contribution in [3.63, 3.8) is 0 Å². The highest BCUT2D eigenvalue weighted by Crippen LogP contribution is 2.21. The van der Waals surface area contributed by atoms with Crippen molar-refractivity contribution >= 4 is 17.8 Å². The lowest BCUT2D eigenvalue weighted by atomic mass is 10.1. The average molecular weight is 350 g/mol. The van der Waals surface area contributed by atoms with Gasteiger partial charge in [-0.1, -0.05) is 6.92 Å². The highest BCUT2D eigenvalue weighted by molar-refractivity contribution is 6.05. The van der Waals surface area contributed by atoms with Gasteiger partial charge in [-0.2, -0.15) is 0 Å². The third-order valence-electron chi connectivity index (χ3n) is 4.33. The summed E-state index contributed by atoms with van der Waals surface area (Å²) in [6, 6.07) is -1.21. The fourth-order valence-electron chi connectivity index (χ4n) is 3.10. The molecule has 3 rings (SSSR count). The van der Waals surface area contributed by atoms with Gasteiger partial charge < -0.3 is 19.4 Å². The number of imide groups is 1. The Kier molecular flexibility index (Phi) is 5.03. The molecule has 0 saturated carbocycles. The van der Waals surface area contributed by atoms with Crippen molar-refractivity contribution in [2.75, 3.05) is 20.2 Å². The van der Waals surface area contributed by atoms with E-state index in [4.69, 9.17) is 9.15 Å². The number of nitrogens with one attached hydrogen (secondary N) is 1. The van der Waals surface area contributed by atoms with E-state index in [1.165, 1.54) is 4.90 Å². The molecule has 3 heterocycles. The lowest BCUT2D eigenvalue weighted by Crippen LogP contribution is -2.41. The Labute approximate surface area is 145 Å². The zero-order chi connectivity index (χ0) is 18.0. The summed E-state index contributed by atoms with van der Waals surface area (Å²) in [7, 11) is 1.56. The Morgan fingerprint density at radius 2 is 2.24 bits per heavy atom. The minimum atomic E-state index is -0.783. The number of ether oxygens (including phenoxy) is 1. The number of hydrogen-bond acceptors (Lipinski definition) is 6. The molecule has 1 unspecified atom stereocenters. The van der Waals surface area contributed by atoms with Crippen LogP contribution in [0, 0.1) is 0 Å². The number of rotatable bonds is 6. The third-order valence-corrected chi connectivity index (χ3v) is 4.33. The fourth-order valence-corrected chi connectivity index (χ4v) is 3.10. The van der Waals surface area contributed by atoms with Gasteiger partial charge in [0.05, 0.1) is 13.0 Å². The van der Waals surface area contributed by atoms with Gasteiger partial charge in [-0.15, -0.1) is 0 Å². The van der Waals surface area contributed by atoms with Crippen LogP contribution in [-0.2, 0) is 33.9 Å². The predicted molar refractivity (Wildman–Crippen MR) is 85.3 cm³/mol. The SMILES string of the molecule is CCCN1C(=O)NC(CC(=O)N2CCc3oc(COC)nc3C2)C1=O. The van der Waals surface area contributed by atoms with Crippen molar-refractivity contribution in [1.29, 1.82) is 0 Å². The maximum absolute atomic E-state index is 12.5. The van der Waals surface area contributed by atoms with E-state index < -0.39 is 12.1 Å². The molecule has 4 amide bonds. The normalized spacial score (nSPS) is 20.0. The molecule has 0 aliphatic carbocycles. The van der Waals surface area contributed by atoms with Gasteiger partial charge in [0.2, 0.25) is 11.8 Å². The number of oxazole rings is 1. The first-order chi connectivity index (χ1) is 12.0. The van der Waals surface area contributed by atoms with E-state index in [2.05, 4.69) is 10.3 Å². The molecule has 1 fully saturated rings. The van der Waals surface area contributed by atoms with Crippen LogP contribution in [0.5, 0.6) is 0 Å². The lowest BCUT2D eigenvalue weighted by Gasteiger charge is -2.26. The second-order valence-electron chi connectivity index (χ2n) is 6.17. The molecule has 0 aromatic carbocycles. The molecule has 0 spiro atoms. The summed E-state index contributed by atoms with van der Waals surface area (Å²) in [5, 5.41) is 2.59. The summed E-state index contributed by atoms with van der Waals surface area (Å²) < 4.78 is 10.6. The first-order valence-corrected chi connectivity index (χ1v) is 8.39. The van der Waals surface area contributed by atoms with Crippen LogP contribution in [0.3, 0.4) is 0 Å². The van der Waals surface area contributed by atoms with E-state index in [-0.39, 0.29) is 24.8 Å². The number of amides is 4.